The standard InChI is InChI=1S/C15H22N2OS/c1-11(13-4-2-3-5-14(13)16)17-15(18)10-12-6-8-19-9-7-12/h2-5,11-12H,6-10,16H2,1H3,(H,17,18). The minimum atomic E-state index is -0.0216. The highest BCUT2D eigenvalue weighted by Crippen LogP contribution is 2.26. The first kappa shape index (κ1) is 14.3. The van der Waals surface area contributed by atoms with Crippen LogP contribution in [0.2, 0.25) is 0 Å². The lowest BCUT2D eigenvalue weighted by Crippen LogP contribution is -2.29. The molecular formula is C15H22N2OS. The van der Waals surface area contributed by atoms with E-state index in [2.05, 4.69) is 5.32 Å². The third kappa shape index (κ3) is 4.16. The fraction of sp³-hybridized carbons (Fsp3) is 0.533. The molecule has 1 heterocycles. The van der Waals surface area contributed by atoms with Gasteiger partial charge in [0.15, 0.2) is 0 Å². The molecule has 19 heavy (non-hydrogen) atoms. The van der Waals surface area contributed by atoms with Gasteiger partial charge in [-0.3, -0.25) is 4.79 Å². The van der Waals surface area contributed by atoms with Crippen molar-refractivity contribution in [1.82, 2.24) is 5.32 Å². The van der Waals surface area contributed by atoms with Gasteiger partial charge in [0.1, 0.15) is 0 Å². The SMILES string of the molecule is CC(NC(=O)CC1CCSCC1)c1ccccc1N. The Labute approximate surface area is 119 Å². The van der Waals surface area contributed by atoms with E-state index in [0.717, 1.165) is 11.3 Å². The minimum Gasteiger partial charge on any atom is -0.398 e. The second-order valence-electron chi connectivity index (χ2n) is 5.18. The van der Waals surface area contributed by atoms with E-state index >= 15 is 0 Å². The van der Waals surface area contributed by atoms with Crippen molar-refractivity contribution in [2.75, 3.05) is 17.2 Å². The lowest BCUT2D eigenvalue weighted by atomic mass is 9.98. The van der Waals surface area contributed by atoms with Gasteiger partial charge >= 0.3 is 0 Å². The van der Waals surface area contributed by atoms with Crippen LogP contribution in [0.15, 0.2) is 24.3 Å². The van der Waals surface area contributed by atoms with E-state index in [9.17, 15) is 4.79 Å². The normalized spacial score (nSPS) is 17.9. The van der Waals surface area contributed by atoms with Gasteiger partial charge in [-0.2, -0.15) is 11.8 Å². The summed E-state index contributed by atoms with van der Waals surface area (Å²) in [6.07, 6.45) is 2.98. The molecule has 1 aliphatic rings. The molecule has 104 valence electrons. The van der Waals surface area contributed by atoms with Crippen LogP contribution in [-0.2, 0) is 4.79 Å². The van der Waals surface area contributed by atoms with Crippen LogP contribution in [0.1, 0.15) is 37.8 Å². The molecule has 1 amide bonds. The summed E-state index contributed by atoms with van der Waals surface area (Å²) in [6, 6.07) is 7.68. The number of benzene rings is 1. The van der Waals surface area contributed by atoms with Gasteiger partial charge in [-0.25, -0.2) is 0 Å². The average Bonchev–Trinajstić information content (AvgIpc) is 2.40. The number of rotatable bonds is 4. The Morgan fingerprint density at radius 3 is 2.79 bits per heavy atom. The highest BCUT2D eigenvalue weighted by atomic mass is 32.2. The summed E-state index contributed by atoms with van der Waals surface area (Å²) in [5.41, 5.74) is 7.66. The van der Waals surface area contributed by atoms with Gasteiger partial charge in [-0.05, 0) is 48.8 Å². The molecule has 0 radical (unpaired) electrons. The zero-order valence-corrected chi connectivity index (χ0v) is 12.2. The number of nitrogens with one attached hydrogen (secondary N) is 1. The number of anilines is 1. The van der Waals surface area contributed by atoms with Crippen molar-refractivity contribution < 1.29 is 4.79 Å². The zero-order valence-electron chi connectivity index (χ0n) is 11.4. The van der Waals surface area contributed by atoms with Crippen LogP contribution < -0.4 is 11.1 Å². The van der Waals surface area contributed by atoms with Crippen molar-refractivity contribution in [2.24, 2.45) is 5.92 Å². The first-order valence-corrected chi connectivity index (χ1v) is 8.04. The van der Waals surface area contributed by atoms with Crippen molar-refractivity contribution >= 4 is 23.4 Å². The molecule has 4 heteroatoms. The smallest absolute Gasteiger partial charge is 0.220 e. The maximum atomic E-state index is 12.0. The Kier molecular flexibility index (Phi) is 5.14. The van der Waals surface area contributed by atoms with Crippen LogP contribution >= 0.6 is 11.8 Å². The minimum absolute atomic E-state index is 0.0216. The second-order valence-corrected chi connectivity index (χ2v) is 6.40. The van der Waals surface area contributed by atoms with E-state index in [1.54, 1.807) is 0 Å². The van der Waals surface area contributed by atoms with Gasteiger partial charge in [0.25, 0.3) is 0 Å². The third-order valence-electron chi connectivity index (χ3n) is 3.65. The second kappa shape index (κ2) is 6.85. The van der Waals surface area contributed by atoms with Gasteiger partial charge in [0, 0.05) is 12.1 Å². The molecule has 1 atom stereocenters. The zero-order chi connectivity index (χ0) is 13.7. The first-order chi connectivity index (χ1) is 9.16. The molecule has 1 aromatic rings. The summed E-state index contributed by atoms with van der Waals surface area (Å²) in [4.78, 5) is 12.0. The summed E-state index contributed by atoms with van der Waals surface area (Å²) < 4.78 is 0. The number of amides is 1. The quantitative estimate of drug-likeness (QED) is 0.833. The first-order valence-electron chi connectivity index (χ1n) is 6.88. The van der Waals surface area contributed by atoms with Crippen molar-refractivity contribution in [2.45, 2.75) is 32.2 Å². The Hall–Kier alpha value is -1.16. The van der Waals surface area contributed by atoms with Crippen LogP contribution in [0.4, 0.5) is 5.69 Å². The molecule has 3 nitrogen and oxygen atoms in total. The maximum absolute atomic E-state index is 12.0. The van der Waals surface area contributed by atoms with Gasteiger partial charge < -0.3 is 11.1 Å². The average molecular weight is 278 g/mol. The van der Waals surface area contributed by atoms with Gasteiger partial charge in [-0.1, -0.05) is 18.2 Å². The molecule has 1 aromatic carbocycles. The monoisotopic (exact) mass is 278 g/mol. The number of para-hydroxylation sites is 1. The van der Waals surface area contributed by atoms with Gasteiger partial charge in [0.2, 0.25) is 5.91 Å². The third-order valence-corrected chi connectivity index (χ3v) is 4.70. The van der Waals surface area contributed by atoms with Crippen LogP contribution in [0.3, 0.4) is 0 Å². The highest BCUT2D eigenvalue weighted by molar-refractivity contribution is 7.99. The Bertz CT molecular complexity index is 430. The summed E-state index contributed by atoms with van der Waals surface area (Å²) in [5.74, 6) is 3.09. The van der Waals surface area contributed by atoms with E-state index < -0.39 is 0 Å². The predicted molar refractivity (Wildman–Crippen MR) is 82.1 cm³/mol. The van der Waals surface area contributed by atoms with Crippen molar-refractivity contribution in [3.05, 3.63) is 29.8 Å². The number of carbonyl (C=O) groups is 1. The lowest BCUT2D eigenvalue weighted by molar-refractivity contribution is -0.122. The molecule has 2 rings (SSSR count). The number of hydrogen-bond acceptors (Lipinski definition) is 3. The van der Waals surface area contributed by atoms with Crippen molar-refractivity contribution in [1.29, 1.82) is 0 Å². The van der Waals surface area contributed by atoms with E-state index in [-0.39, 0.29) is 11.9 Å². The fourth-order valence-corrected chi connectivity index (χ4v) is 3.70. The Morgan fingerprint density at radius 2 is 2.11 bits per heavy atom. The summed E-state index contributed by atoms with van der Waals surface area (Å²) in [6.45, 7) is 1.99. The van der Waals surface area contributed by atoms with Crippen LogP contribution in [0.5, 0.6) is 0 Å². The molecule has 0 bridgehead atoms. The van der Waals surface area contributed by atoms with E-state index in [1.807, 2.05) is 43.0 Å². The Balaban J connectivity index is 1.86. The lowest BCUT2D eigenvalue weighted by Gasteiger charge is -2.22. The Morgan fingerprint density at radius 1 is 1.42 bits per heavy atom. The van der Waals surface area contributed by atoms with Crippen molar-refractivity contribution in [3.63, 3.8) is 0 Å². The molecule has 1 aliphatic heterocycles. The molecule has 0 spiro atoms. The summed E-state index contributed by atoms with van der Waals surface area (Å²) in [5, 5.41) is 3.06. The molecule has 1 fully saturated rings. The predicted octanol–water partition coefficient (Wildman–Crippen LogP) is 2.98. The number of nitrogen functional groups attached to an aromatic ring is 1. The number of carbonyl (C=O) groups excluding carboxylic acids is 1. The topological polar surface area (TPSA) is 55.1 Å². The number of hydrogen-bond donors (Lipinski definition) is 2. The van der Waals surface area contributed by atoms with E-state index in [4.69, 9.17) is 5.73 Å². The molecule has 0 aliphatic carbocycles. The van der Waals surface area contributed by atoms with E-state index in [0.29, 0.717) is 12.3 Å². The highest BCUT2D eigenvalue weighted by Gasteiger charge is 2.19. The van der Waals surface area contributed by atoms with Crippen LogP contribution in [-0.4, -0.2) is 17.4 Å². The molecule has 1 unspecified atom stereocenters. The molecule has 1 saturated heterocycles. The summed E-state index contributed by atoms with van der Waals surface area (Å²) >= 11 is 1.99. The number of nitrogens with two attached hydrogens (primary N) is 1. The molecule has 3 N–H and O–H groups in total. The van der Waals surface area contributed by atoms with Gasteiger partial charge in [0.05, 0.1) is 6.04 Å². The van der Waals surface area contributed by atoms with E-state index in [1.165, 1.54) is 24.3 Å². The van der Waals surface area contributed by atoms with Crippen LogP contribution in [0.25, 0.3) is 0 Å². The maximum Gasteiger partial charge on any atom is 0.220 e. The molecule has 0 saturated carbocycles. The molecular weight excluding hydrogens is 256 g/mol. The van der Waals surface area contributed by atoms with Crippen molar-refractivity contribution in [3.8, 4) is 0 Å². The summed E-state index contributed by atoms with van der Waals surface area (Å²) in [7, 11) is 0. The number of thioether (sulfide) groups is 1. The van der Waals surface area contributed by atoms with Crippen LogP contribution in [0, 0.1) is 5.92 Å². The largest absolute Gasteiger partial charge is 0.398 e. The molecule has 0 aromatic heterocycles. The van der Waals surface area contributed by atoms with Gasteiger partial charge in [-0.15, -0.1) is 0 Å². The fourth-order valence-electron chi connectivity index (χ4n) is 2.50.